The quantitative estimate of drug-likeness (QED) is 0.518. The van der Waals surface area contributed by atoms with Crippen LogP contribution in [0.2, 0.25) is 0 Å². The molecular formula is C18H19N3O2. The Morgan fingerprint density at radius 3 is 2.39 bits per heavy atom. The molecule has 5 nitrogen and oxygen atoms in total. The maximum absolute atomic E-state index is 11.8. The molecule has 2 N–H and O–H groups in total. The van der Waals surface area contributed by atoms with E-state index in [-0.39, 0.29) is 0 Å². The maximum Gasteiger partial charge on any atom is 0.329 e. The first kappa shape index (κ1) is 16.4. The fourth-order valence-corrected chi connectivity index (χ4v) is 1.95. The number of benzene rings is 2. The van der Waals surface area contributed by atoms with Crippen molar-refractivity contribution in [2.45, 2.75) is 20.3 Å². The van der Waals surface area contributed by atoms with Crippen LogP contribution in [-0.4, -0.2) is 18.0 Å². The summed E-state index contributed by atoms with van der Waals surface area (Å²) >= 11 is 0. The molecule has 0 aliphatic heterocycles. The van der Waals surface area contributed by atoms with Crippen LogP contribution in [0.4, 0.5) is 5.69 Å². The number of anilines is 1. The SMILES string of the molecule is CCc1ccc(NC(=O)C(=O)N/N=C\c2ccccc2C)cc1. The lowest BCUT2D eigenvalue weighted by molar-refractivity contribution is -0.136. The standard InChI is InChI=1S/C18H19N3O2/c1-3-14-8-10-16(11-9-14)20-17(22)18(23)21-19-12-15-7-5-4-6-13(15)2/h4-12H,3H2,1-2H3,(H,20,22)(H,21,23)/b19-12-. The summed E-state index contributed by atoms with van der Waals surface area (Å²) in [5.41, 5.74) is 5.87. The van der Waals surface area contributed by atoms with Gasteiger partial charge in [-0.3, -0.25) is 9.59 Å². The summed E-state index contributed by atoms with van der Waals surface area (Å²) < 4.78 is 0. The van der Waals surface area contributed by atoms with Gasteiger partial charge in [-0.2, -0.15) is 5.10 Å². The highest BCUT2D eigenvalue weighted by Gasteiger charge is 2.12. The Morgan fingerprint density at radius 2 is 1.74 bits per heavy atom. The van der Waals surface area contributed by atoms with Gasteiger partial charge in [0.2, 0.25) is 0 Å². The molecule has 2 aromatic carbocycles. The van der Waals surface area contributed by atoms with Gasteiger partial charge in [0.1, 0.15) is 0 Å². The molecule has 0 aliphatic carbocycles. The van der Waals surface area contributed by atoms with Crippen molar-refractivity contribution in [3.8, 4) is 0 Å². The number of carbonyl (C=O) groups excluding carboxylic acids is 2. The number of hydrogen-bond donors (Lipinski definition) is 2. The highest BCUT2D eigenvalue weighted by molar-refractivity contribution is 6.39. The number of nitrogens with zero attached hydrogens (tertiary/aromatic N) is 1. The summed E-state index contributed by atoms with van der Waals surface area (Å²) in [6, 6.07) is 15.0. The van der Waals surface area contributed by atoms with Crippen LogP contribution in [-0.2, 0) is 16.0 Å². The number of rotatable bonds is 4. The topological polar surface area (TPSA) is 70.6 Å². The van der Waals surface area contributed by atoms with Crippen molar-refractivity contribution in [1.29, 1.82) is 0 Å². The van der Waals surface area contributed by atoms with E-state index in [1.165, 1.54) is 6.21 Å². The Bertz CT molecular complexity index is 721. The van der Waals surface area contributed by atoms with Crippen LogP contribution in [0.5, 0.6) is 0 Å². The van der Waals surface area contributed by atoms with Gasteiger partial charge >= 0.3 is 11.8 Å². The molecule has 0 atom stereocenters. The van der Waals surface area contributed by atoms with Crippen LogP contribution in [0.15, 0.2) is 53.6 Å². The van der Waals surface area contributed by atoms with Crippen molar-refractivity contribution in [1.82, 2.24) is 5.43 Å². The first-order valence-corrected chi connectivity index (χ1v) is 7.39. The lowest BCUT2D eigenvalue weighted by Gasteiger charge is -2.05. The van der Waals surface area contributed by atoms with Crippen LogP contribution < -0.4 is 10.7 Å². The zero-order valence-corrected chi connectivity index (χ0v) is 13.2. The Balaban J connectivity index is 1.89. The van der Waals surface area contributed by atoms with Crippen molar-refractivity contribution in [2.24, 2.45) is 5.10 Å². The molecule has 0 heterocycles. The zero-order valence-electron chi connectivity index (χ0n) is 13.2. The monoisotopic (exact) mass is 309 g/mol. The summed E-state index contributed by atoms with van der Waals surface area (Å²) in [5.74, 6) is -1.56. The number of nitrogens with one attached hydrogen (secondary N) is 2. The van der Waals surface area contributed by atoms with E-state index in [1.807, 2.05) is 50.2 Å². The summed E-state index contributed by atoms with van der Waals surface area (Å²) in [6.07, 6.45) is 2.43. The van der Waals surface area contributed by atoms with Gasteiger partial charge in [0, 0.05) is 5.69 Å². The Hall–Kier alpha value is -2.95. The highest BCUT2D eigenvalue weighted by atomic mass is 16.2. The molecule has 0 bridgehead atoms. The average molecular weight is 309 g/mol. The number of hydrogen-bond acceptors (Lipinski definition) is 3. The minimum atomic E-state index is -0.811. The number of amides is 2. The molecule has 0 radical (unpaired) electrons. The van der Waals surface area contributed by atoms with Gasteiger partial charge in [0.05, 0.1) is 6.21 Å². The molecular weight excluding hydrogens is 290 g/mol. The summed E-state index contributed by atoms with van der Waals surface area (Å²) in [6.45, 7) is 3.99. The third kappa shape index (κ3) is 4.78. The van der Waals surface area contributed by atoms with Crippen molar-refractivity contribution in [3.63, 3.8) is 0 Å². The second-order valence-electron chi connectivity index (χ2n) is 5.06. The predicted octanol–water partition coefficient (Wildman–Crippen LogP) is 2.65. The predicted molar refractivity (Wildman–Crippen MR) is 91.4 cm³/mol. The second-order valence-corrected chi connectivity index (χ2v) is 5.06. The number of aryl methyl sites for hydroxylation is 2. The van der Waals surface area contributed by atoms with Gasteiger partial charge in [0.25, 0.3) is 0 Å². The van der Waals surface area contributed by atoms with E-state index in [0.29, 0.717) is 5.69 Å². The van der Waals surface area contributed by atoms with Gasteiger partial charge < -0.3 is 5.32 Å². The van der Waals surface area contributed by atoms with E-state index in [1.54, 1.807) is 12.1 Å². The third-order valence-electron chi connectivity index (χ3n) is 3.38. The fourth-order valence-electron chi connectivity index (χ4n) is 1.95. The number of hydrazone groups is 1. The first-order chi connectivity index (χ1) is 11.1. The molecule has 0 spiro atoms. The molecule has 0 saturated carbocycles. The van der Waals surface area contributed by atoms with Crippen molar-refractivity contribution >= 4 is 23.7 Å². The van der Waals surface area contributed by atoms with E-state index in [9.17, 15) is 9.59 Å². The van der Waals surface area contributed by atoms with E-state index in [2.05, 4.69) is 15.8 Å². The van der Waals surface area contributed by atoms with E-state index >= 15 is 0 Å². The van der Waals surface area contributed by atoms with Crippen LogP contribution in [0.3, 0.4) is 0 Å². The first-order valence-electron chi connectivity index (χ1n) is 7.39. The molecule has 0 fully saturated rings. The molecule has 2 rings (SSSR count). The Labute approximate surface area is 135 Å². The molecule has 0 saturated heterocycles. The summed E-state index contributed by atoms with van der Waals surface area (Å²) in [5, 5.41) is 6.34. The second kappa shape index (κ2) is 7.89. The number of carbonyl (C=O) groups is 2. The van der Waals surface area contributed by atoms with Crippen molar-refractivity contribution in [2.75, 3.05) is 5.32 Å². The lowest BCUT2D eigenvalue weighted by atomic mass is 10.1. The van der Waals surface area contributed by atoms with E-state index in [0.717, 1.165) is 23.1 Å². The average Bonchev–Trinajstić information content (AvgIpc) is 2.57. The van der Waals surface area contributed by atoms with Crippen LogP contribution >= 0.6 is 0 Å². The molecule has 0 aliphatic rings. The molecule has 2 aromatic rings. The van der Waals surface area contributed by atoms with Crippen LogP contribution in [0, 0.1) is 6.92 Å². The third-order valence-corrected chi connectivity index (χ3v) is 3.38. The van der Waals surface area contributed by atoms with Crippen molar-refractivity contribution < 1.29 is 9.59 Å². The zero-order chi connectivity index (χ0) is 16.7. The van der Waals surface area contributed by atoms with Crippen molar-refractivity contribution in [3.05, 3.63) is 65.2 Å². The summed E-state index contributed by atoms with van der Waals surface area (Å²) in [4.78, 5) is 23.5. The fraction of sp³-hybridized carbons (Fsp3) is 0.167. The maximum atomic E-state index is 11.8. The molecule has 0 unspecified atom stereocenters. The largest absolute Gasteiger partial charge is 0.329 e. The molecule has 5 heteroatoms. The molecule has 23 heavy (non-hydrogen) atoms. The molecule has 118 valence electrons. The lowest BCUT2D eigenvalue weighted by Crippen LogP contribution is -2.32. The van der Waals surface area contributed by atoms with E-state index in [4.69, 9.17) is 0 Å². The van der Waals surface area contributed by atoms with Gasteiger partial charge in [-0.1, -0.05) is 43.3 Å². The Kier molecular flexibility index (Phi) is 5.63. The smallest absolute Gasteiger partial charge is 0.318 e. The minimum Gasteiger partial charge on any atom is -0.318 e. The molecule has 2 amide bonds. The highest BCUT2D eigenvalue weighted by Crippen LogP contribution is 2.09. The van der Waals surface area contributed by atoms with E-state index < -0.39 is 11.8 Å². The van der Waals surface area contributed by atoms with Gasteiger partial charge in [-0.05, 0) is 42.2 Å². The van der Waals surface area contributed by atoms with Crippen LogP contribution in [0.1, 0.15) is 23.6 Å². The Morgan fingerprint density at radius 1 is 1.04 bits per heavy atom. The van der Waals surface area contributed by atoms with Gasteiger partial charge in [-0.15, -0.1) is 0 Å². The van der Waals surface area contributed by atoms with Crippen LogP contribution in [0.25, 0.3) is 0 Å². The molecule has 0 aromatic heterocycles. The minimum absolute atomic E-state index is 0.574. The summed E-state index contributed by atoms with van der Waals surface area (Å²) in [7, 11) is 0. The van der Waals surface area contributed by atoms with Gasteiger partial charge in [-0.25, -0.2) is 5.43 Å². The van der Waals surface area contributed by atoms with Gasteiger partial charge in [0.15, 0.2) is 0 Å². The normalized spacial score (nSPS) is 10.5.